The molecule has 1 N–H and O–H groups in total. The second-order valence-electron chi connectivity index (χ2n) is 6.03. The Morgan fingerprint density at radius 2 is 1.96 bits per heavy atom. The second kappa shape index (κ2) is 8.06. The van der Waals surface area contributed by atoms with Gasteiger partial charge in [-0.3, -0.25) is 9.59 Å². The molecular formula is C19H18Cl2N2O4. The van der Waals surface area contributed by atoms with Gasteiger partial charge in [-0.05, 0) is 24.3 Å². The second-order valence-corrected chi connectivity index (χ2v) is 6.82. The van der Waals surface area contributed by atoms with Crippen molar-refractivity contribution in [3.8, 4) is 11.5 Å². The highest BCUT2D eigenvalue weighted by Crippen LogP contribution is 2.36. The van der Waals surface area contributed by atoms with Gasteiger partial charge in [-0.1, -0.05) is 29.3 Å². The topological polar surface area (TPSA) is 67.9 Å². The van der Waals surface area contributed by atoms with Crippen LogP contribution in [0.25, 0.3) is 0 Å². The molecule has 2 aromatic rings. The van der Waals surface area contributed by atoms with E-state index in [4.69, 9.17) is 32.7 Å². The summed E-state index contributed by atoms with van der Waals surface area (Å²) in [6, 6.07) is 10.2. The maximum absolute atomic E-state index is 12.7. The zero-order valence-electron chi connectivity index (χ0n) is 14.8. The highest BCUT2D eigenvalue weighted by molar-refractivity contribution is 6.44. The molecule has 27 heavy (non-hydrogen) atoms. The van der Waals surface area contributed by atoms with Crippen molar-refractivity contribution in [3.05, 3.63) is 46.4 Å². The van der Waals surface area contributed by atoms with Crippen molar-refractivity contribution in [1.29, 1.82) is 0 Å². The fourth-order valence-corrected chi connectivity index (χ4v) is 3.36. The molecule has 1 atom stereocenters. The summed E-state index contributed by atoms with van der Waals surface area (Å²) in [5.41, 5.74) is 0.983. The number of rotatable bonds is 5. The Kier molecular flexibility index (Phi) is 5.77. The molecule has 0 bridgehead atoms. The summed E-state index contributed by atoms with van der Waals surface area (Å²) >= 11 is 12.2. The number of carbonyl (C=O) groups excluding carboxylic acids is 2. The summed E-state index contributed by atoms with van der Waals surface area (Å²) < 4.78 is 10.5. The number of benzene rings is 2. The molecule has 2 aromatic carbocycles. The lowest BCUT2D eigenvalue weighted by Crippen LogP contribution is -2.28. The van der Waals surface area contributed by atoms with Gasteiger partial charge in [-0.2, -0.15) is 0 Å². The van der Waals surface area contributed by atoms with Crippen molar-refractivity contribution in [3.63, 3.8) is 0 Å². The first kappa shape index (κ1) is 19.3. The number of nitrogens with one attached hydrogen (secondary N) is 1. The van der Waals surface area contributed by atoms with E-state index in [9.17, 15) is 9.59 Å². The summed E-state index contributed by atoms with van der Waals surface area (Å²) in [7, 11) is 3.05. The Hall–Kier alpha value is -2.44. The van der Waals surface area contributed by atoms with E-state index in [1.165, 1.54) is 19.1 Å². The van der Waals surface area contributed by atoms with Gasteiger partial charge in [0.2, 0.25) is 11.8 Å². The van der Waals surface area contributed by atoms with Gasteiger partial charge in [0.15, 0.2) is 0 Å². The lowest BCUT2D eigenvalue weighted by molar-refractivity contribution is -0.122. The molecule has 6 nitrogen and oxygen atoms in total. The number of halogens is 2. The van der Waals surface area contributed by atoms with Crippen LogP contribution in [0.15, 0.2) is 36.4 Å². The van der Waals surface area contributed by atoms with Crippen LogP contribution in [-0.4, -0.2) is 32.6 Å². The number of ether oxygens (including phenoxy) is 2. The van der Waals surface area contributed by atoms with E-state index in [2.05, 4.69) is 5.32 Å². The summed E-state index contributed by atoms with van der Waals surface area (Å²) in [5.74, 6) is 0.0973. The van der Waals surface area contributed by atoms with E-state index in [-0.39, 0.29) is 24.8 Å². The molecule has 0 spiro atoms. The van der Waals surface area contributed by atoms with Crippen LogP contribution in [0, 0.1) is 5.92 Å². The first-order chi connectivity index (χ1) is 12.9. The van der Waals surface area contributed by atoms with Crippen LogP contribution in [0.5, 0.6) is 11.5 Å². The van der Waals surface area contributed by atoms with Crippen LogP contribution in [0.3, 0.4) is 0 Å². The molecular weight excluding hydrogens is 391 g/mol. The van der Waals surface area contributed by atoms with Gasteiger partial charge in [0.05, 0.1) is 41.6 Å². The molecule has 0 unspecified atom stereocenters. The fraction of sp³-hybridized carbons (Fsp3) is 0.263. The molecule has 2 amide bonds. The Morgan fingerprint density at radius 3 is 2.67 bits per heavy atom. The predicted octanol–water partition coefficient (Wildman–Crippen LogP) is 4.00. The van der Waals surface area contributed by atoms with Crippen molar-refractivity contribution in [2.75, 3.05) is 31.0 Å². The van der Waals surface area contributed by atoms with Gasteiger partial charge in [0.1, 0.15) is 11.5 Å². The SMILES string of the molecule is COc1ccc(OC)c(NC(=O)[C@H]2CC(=O)N(c3cccc(Cl)c3Cl)C2)c1. The maximum Gasteiger partial charge on any atom is 0.229 e. The molecule has 1 heterocycles. The standard InChI is InChI=1S/C19H18Cl2N2O4/c1-26-12-6-7-16(27-2)14(9-12)22-19(25)11-8-17(24)23(10-11)15-5-3-4-13(20)18(15)21/h3-7,9,11H,8,10H2,1-2H3,(H,22,25)/t11-/m0/s1. The lowest BCUT2D eigenvalue weighted by Gasteiger charge is -2.19. The largest absolute Gasteiger partial charge is 0.497 e. The van der Waals surface area contributed by atoms with E-state index in [0.717, 1.165) is 0 Å². The van der Waals surface area contributed by atoms with Gasteiger partial charge < -0.3 is 19.7 Å². The minimum Gasteiger partial charge on any atom is -0.497 e. The number of carbonyl (C=O) groups is 2. The minimum absolute atomic E-state index is 0.0843. The Balaban J connectivity index is 1.78. The molecule has 1 saturated heterocycles. The van der Waals surface area contributed by atoms with Crippen molar-refractivity contribution < 1.29 is 19.1 Å². The minimum atomic E-state index is -0.525. The van der Waals surface area contributed by atoms with Crippen LogP contribution in [0.1, 0.15) is 6.42 Å². The first-order valence-corrected chi connectivity index (χ1v) is 8.97. The summed E-state index contributed by atoms with van der Waals surface area (Å²) in [4.78, 5) is 26.6. The van der Waals surface area contributed by atoms with Crippen molar-refractivity contribution in [1.82, 2.24) is 0 Å². The number of nitrogens with zero attached hydrogens (tertiary/aromatic N) is 1. The van der Waals surface area contributed by atoms with Gasteiger partial charge >= 0.3 is 0 Å². The van der Waals surface area contributed by atoms with E-state index >= 15 is 0 Å². The molecule has 1 fully saturated rings. The zero-order valence-corrected chi connectivity index (χ0v) is 16.3. The first-order valence-electron chi connectivity index (χ1n) is 8.22. The van der Waals surface area contributed by atoms with E-state index in [0.29, 0.717) is 32.9 Å². The van der Waals surface area contributed by atoms with Gasteiger partial charge in [0, 0.05) is 19.0 Å². The third-order valence-corrected chi connectivity index (χ3v) is 5.19. The highest BCUT2D eigenvalue weighted by Gasteiger charge is 2.36. The smallest absolute Gasteiger partial charge is 0.229 e. The van der Waals surface area contributed by atoms with Crippen LogP contribution < -0.4 is 19.7 Å². The van der Waals surface area contributed by atoms with Crippen LogP contribution in [0.2, 0.25) is 10.0 Å². The van der Waals surface area contributed by atoms with Crippen LogP contribution in [-0.2, 0) is 9.59 Å². The van der Waals surface area contributed by atoms with Gasteiger partial charge in [-0.15, -0.1) is 0 Å². The molecule has 0 radical (unpaired) electrons. The van der Waals surface area contributed by atoms with E-state index in [1.54, 1.807) is 36.4 Å². The molecule has 1 aliphatic rings. The quantitative estimate of drug-likeness (QED) is 0.811. The Morgan fingerprint density at radius 1 is 1.19 bits per heavy atom. The van der Waals surface area contributed by atoms with Gasteiger partial charge in [0.25, 0.3) is 0 Å². The van der Waals surface area contributed by atoms with Crippen molar-refractivity contribution in [2.24, 2.45) is 5.92 Å². The monoisotopic (exact) mass is 408 g/mol. The van der Waals surface area contributed by atoms with Crippen LogP contribution in [0.4, 0.5) is 11.4 Å². The molecule has 3 rings (SSSR count). The lowest BCUT2D eigenvalue weighted by atomic mass is 10.1. The summed E-state index contributed by atoms with van der Waals surface area (Å²) in [6.45, 7) is 0.219. The van der Waals surface area contributed by atoms with Crippen molar-refractivity contribution in [2.45, 2.75) is 6.42 Å². The van der Waals surface area contributed by atoms with E-state index in [1.807, 2.05) is 0 Å². The van der Waals surface area contributed by atoms with Crippen LogP contribution >= 0.6 is 23.2 Å². The number of amides is 2. The molecule has 8 heteroatoms. The summed E-state index contributed by atoms with van der Waals surface area (Å²) in [6.07, 6.45) is 0.0843. The number of anilines is 2. The molecule has 0 aliphatic carbocycles. The van der Waals surface area contributed by atoms with E-state index < -0.39 is 5.92 Å². The third kappa shape index (κ3) is 3.96. The van der Waals surface area contributed by atoms with Gasteiger partial charge in [-0.25, -0.2) is 0 Å². The average Bonchev–Trinajstić information content (AvgIpc) is 3.05. The predicted molar refractivity (Wildman–Crippen MR) is 105 cm³/mol. The fourth-order valence-electron chi connectivity index (χ4n) is 2.96. The number of methoxy groups -OCH3 is 2. The number of hydrogen-bond donors (Lipinski definition) is 1. The molecule has 0 aromatic heterocycles. The molecule has 0 saturated carbocycles. The Bertz CT molecular complexity index is 888. The van der Waals surface area contributed by atoms with Crippen molar-refractivity contribution >= 4 is 46.4 Å². The Labute approximate surface area is 167 Å². The third-order valence-electron chi connectivity index (χ3n) is 4.38. The number of hydrogen-bond acceptors (Lipinski definition) is 4. The molecule has 1 aliphatic heterocycles. The zero-order chi connectivity index (χ0) is 19.6. The summed E-state index contributed by atoms with van der Waals surface area (Å²) in [5, 5.41) is 3.47. The highest BCUT2D eigenvalue weighted by atomic mass is 35.5. The average molecular weight is 409 g/mol. The normalized spacial score (nSPS) is 16.4. The molecule has 142 valence electrons. The maximum atomic E-state index is 12.7.